The largest absolute Gasteiger partial charge is 0.357 e. The molecule has 4 amide bonds. The number of anilines is 1. The molecule has 0 spiro atoms. The van der Waals surface area contributed by atoms with Gasteiger partial charge in [0, 0.05) is 59.6 Å². The lowest BCUT2D eigenvalue weighted by Crippen LogP contribution is -2.52. The number of benzene rings is 1. The van der Waals surface area contributed by atoms with Gasteiger partial charge >= 0.3 is 0 Å². The van der Waals surface area contributed by atoms with E-state index in [2.05, 4.69) is 60.8 Å². The van der Waals surface area contributed by atoms with Crippen LogP contribution in [0.5, 0.6) is 0 Å². The van der Waals surface area contributed by atoms with Crippen molar-refractivity contribution in [3.05, 3.63) is 89.0 Å². The van der Waals surface area contributed by atoms with E-state index in [9.17, 15) is 19.2 Å². The van der Waals surface area contributed by atoms with Crippen LogP contribution in [0.3, 0.4) is 0 Å². The number of nitrogens with one attached hydrogen (secondary N) is 4. The number of carbonyl (C=O) groups is 4. The summed E-state index contributed by atoms with van der Waals surface area (Å²) in [5, 5.41) is 8.77. The standard InChI is InChI=1S/C35H35N7O4/c1-42-17-5-8-30(42)29-18-25-21-37-31(19-28(25)38-29)40-33(44)24-12-9-22(10-13-24)6-3-2-4-7-23-11-14-26(36-20-23)34(45)39-27-15-16-32(43)41-35(27)46/h9-14,18-21,27,30,38H,2-3,5-6,8,15-17H2,1H3,(H,39,45)(H,37,40,44)(H,41,43,46)/t27-,30+/m0/s1. The number of amides is 4. The van der Waals surface area contributed by atoms with E-state index >= 15 is 0 Å². The number of aryl methyl sites for hydroxylation is 1. The van der Waals surface area contributed by atoms with Crippen LogP contribution in [0.25, 0.3) is 10.9 Å². The predicted molar refractivity (Wildman–Crippen MR) is 173 cm³/mol. The van der Waals surface area contributed by atoms with E-state index in [4.69, 9.17) is 0 Å². The molecule has 0 radical (unpaired) electrons. The van der Waals surface area contributed by atoms with Crippen molar-refractivity contribution in [3.63, 3.8) is 0 Å². The number of unbranched alkanes of at least 4 members (excludes halogenated alkanes) is 1. The SMILES string of the molecule is CN1CCC[C@@H]1c1cc2cnc(NC(=O)c3ccc(CCCC#Cc4ccc(C(=O)N[C@H]5CCC(=O)NC5=O)nc4)cc3)cc2[nH]1. The number of hydrogen-bond donors (Lipinski definition) is 4. The van der Waals surface area contributed by atoms with Crippen molar-refractivity contribution in [1.29, 1.82) is 0 Å². The molecule has 5 heterocycles. The summed E-state index contributed by atoms with van der Waals surface area (Å²) in [6.45, 7) is 1.10. The summed E-state index contributed by atoms with van der Waals surface area (Å²) in [7, 11) is 2.15. The van der Waals surface area contributed by atoms with Gasteiger partial charge in [-0.25, -0.2) is 9.97 Å². The number of rotatable bonds is 8. The fourth-order valence-electron chi connectivity index (χ4n) is 5.82. The average Bonchev–Trinajstić information content (AvgIpc) is 3.68. The van der Waals surface area contributed by atoms with Gasteiger partial charge in [0.2, 0.25) is 11.8 Å². The maximum absolute atomic E-state index is 12.9. The lowest BCUT2D eigenvalue weighted by Gasteiger charge is -2.21. The van der Waals surface area contributed by atoms with Crippen LogP contribution in [0.4, 0.5) is 5.82 Å². The molecule has 6 rings (SSSR count). The third kappa shape index (κ3) is 7.30. The number of nitrogens with zero attached hydrogens (tertiary/aromatic N) is 3. The fourth-order valence-corrected chi connectivity index (χ4v) is 5.82. The third-order valence-corrected chi connectivity index (χ3v) is 8.40. The summed E-state index contributed by atoms with van der Waals surface area (Å²) in [6.07, 6.45) is 8.43. The molecule has 0 bridgehead atoms. The highest BCUT2D eigenvalue weighted by Gasteiger charge is 2.28. The Morgan fingerprint density at radius 2 is 1.87 bits per heavy atom. The molecule has 0 aliphatic carbocycles. The van der Waals surface area contributed by atoms with Gasteiger partial charge in [0.05, 0.1) is 5.52 Å². The monoisotopic (exact) mass is 617 g/mol. The molecule has 0 unspecified atom stereocenters. The van der Waals surface area contributed by atoms with Gasteiger partial charge in [-0.2, -0.15) is 0 Å². The Bertz CT molecular complexity index is 1840. The minimum atomic E-state index is -0.750. The average molecular weight is 618 g/mol. The van der Waals surface area contributed by atoms with Gasteiger partial charge in [-0.05, 0) is 81.6 Å². The number of carbonyl (C=O) groups excluding carboxylic acids is 4. The van der Waals surface area contributed by atoms with E-state index in [1.54, 1.807) is 18.3 Å². The maximum Gasteiger partial charge on any atom is 0.270 e. The molecule has 1 aromatic carbocycles. The second-order valence-corrected chi connectivity index (χ2v) is 11.7. The first-order chi connectivity index (χ1) is 22.3. The van der Waals surface area contributed by atoms with Crippen LogP contribution < -0.4 is 16.0 Å². The zero-order chi connectivity index (χ0) is 32.0. The van der Waals surface area contributed by atoms with Crippen molar-refractivity contribution >= 4 is 40.3 Å². The molecule has 46 heavy (non-hydrogen) atoms. The molecule has 0 saturated carbocycles. The summed E-state index contributed by atoms with van der Waals surface area (Å²) < 4.78 is 0. The highest BCUT2D eigenvalue weighted by molar-refractivity contribution is 6.04. The van der Waals surface area contributed by atoms with Crippen LogP contribution in [-0.4, -0.2) is 63.1 Å². The van der Waals surface area contributed by atoms with Crippen LogP contribution in [0.15, 0.2) is 60.9 Å². The van der Waals surface area contributed by atoms with E-state index in [0.717, 1.165) is 42.3 Å². The number of fused-ring (bicyclic) bond motifs is 1. The van der Waals surface area contributed by atoms with Gasteiger partial charge in [0.15, 0.2) is 0 Å². The summed E-state index contributed by atoms with van der Waals surface area (Å²) in [5.74, 6) is 5.17. The van der Waals surface area contributed by atoms with Gasteiger partial charge in [0.1, 0.15) is 17.6 Å². The molecule has 2 atom stereocenters. The van der Waals surface area contributed by atoms with Crippen molar-refractivity contribution in [2.24, 2.45) is 0 Å². The minimum Gasteiger partial charge on any atom is -0.357 e. The maximum atomic E-state index is 12.9. The first-order valence-electron chi connectivity index (χ1n) is 15.5. The number of piperidine rings is 1. The molecule has 2 fully saturated rings. The number of H-pyrrole nitrogens is 1. The lowest BCUT2D eigenvalue weighted by atomic mass is 10.1. The zero-order valence-corrected chi connectivity index (χ0v) is 25.6. The van der Waals surface area contributed by atoms with Crippen LogP contribution >= 0.6 is 0 Å². The fraction of sp³-hybridized carbons (Fsp3) is 0.314. The van der Waals surface area contributed by atoms with Crippen molar-refractivity contribution in [2.45, 2.75) is 57.0 Å². The lowest BCUT2D eigenvalue weighted by molar-refractivity contribution is -0.134. The van der Waals surface area contributed by atoms with Crippen molar-refractivity contribution in [1.82, 2.24) is 30.5 Å². The number of imide groups is 1. The molecular formula is C35H35N7O4. The van der Waals surface area contributed by atoms with Gasteiger partial charge in [-0.3, -0.25) is 29.4 Å². The molecule has 11 heteroatoms. The molecule has 2 saturated heterocycles. The second-order valence-electron chi connectivity index (χ2n) is 11.7. The van der Waals surface area contributed by atoms with Crippen LogP contribution in [0.2, 0.25) is 0 Å². The van der Waals surface area contributed by atoms with Gasteiger partial charge in [-0.1, -0.05) is 24.0 Å². The van der Waals surface area contributed by atoms with E-state index in [1.807, 2.05) is 30.3 Å². The molecule has 4 aromatic rings. The van der Waals surface area contributed by atoms with Crippen LogP contribution in [0.1, 0.15) is 82.2 Å². The molecule has 4 N–H and O–H groups in total. The number of aromatic amines is 1. The summed E-state index contributed by atoms with van der Waals surface area (Å²) in [4.78, 5) is 62.9. The molecular weight excluding hydrogens is 582 g/mol. The first kappa shape index (κ1) is 30.7. The number of hydrogen-bond acceptors (Lipinski definition) is 7. The molecule has 2 aliphatic rings. The van der Waals surface area contributed by atoms with E-state index in [-0.39, 0.29) is 30.3 Å². The minimum absolute atomic E-state index is 0.173. The van der Waals surface area contributed by atoms with Crippen molar-refractivity contribution < 1.29 is 19.2 Å². The Kier molecular flexibility index (Phi) is 9.17. The van der Waals surface area contributed by atoms with Gasteiger partial charge in [0.25, 0.3) is 11.8 Å². The van der Waals surface area contributed by atoms with Gasteiger partial charge < -0.3 is 15.6 Å². The normalized spacial score (nSPS) is 18.1. The van der Waals surface area contributed by atoms with Gasteiger partial charge in [-0.15, -0.1) is 0 Å². The summed E-state index contributed by atoms with van der Waals surface area (Å²) in [5.41, 5.74) is 4.67. The Hall–Kier alpha value is -5.34. The zero-order valence-electron chi connectivity index (χ0n) is 25.6. The van der Waals surface area contributed by atoms with E-state index < -0.39 is 17.9 Å². The highest BCUT2D eigenvalue weighted by atomic mass is 16.2. The molecule has 234 valence electrons. The number of aromatic nitrogens is 3. The molecule has 2 aliphatic heterocycles. The van der Waals surface area contributed by atoms with Crippen LogP contribution in [0, 0.1) is 11.8 Å². The Morgan fingerprint density at radius 3 is 2.61 bits per heavy atom. The predicted octanol–water partition coefficient (Wildman–Crippen LogP) is 3.89. The Balaban J connectivity index is 0.949. The highest BCUT2D eigenvalue weighted by Crippen LogP contribution is 2.32. The Labute approximate surface area is 266 Å². The Morgan fingerprint density at radius 1 is 1.02 bits per heavy atom. The smallest absolute Gasteiger partial charge is 0.270 e. The quantitative estimate of drug-likeness (QED) is 0.133. The first-order valence-corrected chi connectivity index (χ1v) is 15.5. The van der Waals surface area contributed by atoms with E-state index in [1.165, 1.54) is 18.3 Å². The molecule has 3 aromatic heterocycles. The topological polar surface area (TPSA) is 149 Å². The second kappa shape index (κ2) is 13.7. The third-order valence-electron chi connectivity index (χ3n) is 8.40. The van der Waals surface area contributed by atoms with Crippen LogP contribution in [-0.2, 0) is 16.0 Å². The molecule has 11 nitrogen and oxygen atoms in total. The summed E-state index contributed by atoms with van der Waals surface area (Å²) in [6, 6.07) is 14.5. The van der Waals surface area contributed by atoms with E-state index in [0.29, 0.717) is 29.4 Å². The van der Waals surface area contributed by atoms with Crippen molar-refractivity contribution in [2.75, 3.05) is 18.9 Å². The van der Waals surface area contributed by atoms with Crippen molar-refractivity contribution in [3.8, 4) is 11.8 Å². The number of likely N-dealkylation sites (tertiary alicyclic amines) is 1. The number of pyridine rings is 2. The summed E-state index contributed by atoms with van der Waals surface area (Å²) >= 11 is 0.